The molecule has 0 unspecified atom stereocenters. The van der Waals surface area contributed by atoms with Gasteiger partial charge < -0.3 is 4.90 Å². The third-order valence-electron chi connectivity index (χ3n) is 5.49. The summed E-state index contributed by atoms with van der Waals surface area (Å²) in [5, 5.41) is 0.625. The lowest BCUT2D eigenvalue weighted by atomic mass is 9.60. The highest BCUT2D eigenvalue weighted by Gasteiger charge is 2.76. The highest BCUT2D eigenvalue weighted by atomic mass is 32.2. The van der Waals surface area contributed by atoms with Crippen LogP contribution in [0.5, 0.6) is 0 Å². The number of carbonyl (C=O) groups is 1. The van der Waals surface area contributed by atoms with Gasteiger partial charge in [0.1, 0.15) is 4.87 Å². The van der Waals surface area contributed by atoms with Gasteiger partial charge in [-0.1, -0.05) is 13.8 Å². The van der Waals surface area contributed by atoms with Crippen LogP contribution < -0.4 is 0 Å². The van der Waals surface area contributed by atoms with Crippen molar-refractivity contribution in [2.24, 2.45) is 10.8 Å². The maximum absolute atomic E-state index is 12.7. The Bertz CT molecular complexity index is 470. The first-order chi connectivity index (χ1) is 8.34. The Labute approximate surface area is 126 Å². The molecule has 0 radical (unpaired) electrons. The second kappa shape index (κ2) is 3.67. The third-order valence-corrected chi connectivity index (χ3v) is 8.65. The van der Waals surface area contributed by atoms with Crippen molar-refractivity contribution in [2.45, 2.75) is 51.2 Å². The second-order valence-corrected chi connectivity index (χ2v) is 9.39. The van der Waals surface area contributed by atoms with Crippen LogP contribution in [0.1, 0.15) is 41.5 Å². The Morgan fingerprint density at radius 3 is 1.89 bits per heavy atom. The van der Waals surface area contributed by atoms with Gasteiger partial charge in [0, 0.05) is 24.3 Å². The average Bonchev–Trinajstić information content (AvgIpc) is 2.30. The number of hydrogen-bond acceptors (Lipinski definition) is 3. The quantitative estimate of drug-likeness (QED) is 0.642. The monoisotopic (exact) mass is 300 g/mol. The zero-order chi connectivity index (χ0) is 15.0. The maximum atomic E-state index is 12.7. The Morgan fingerprint density at radius 2 is 1.53 bits per heavy atom. The van der Waals surface area contributed by atoms with E-state index in [1.165, 1.54) is 0 Å². The summed E-state index contributed by atoms with van der Waals surface area (Å²) in [5.41, 5.74) is -0.480. The molecule has 0 aromatic rings. The summed E-state index contributed by atoms with van der Waals surface area (Å²) in [6, 6.07) is 0. The molecule has 0 aromatic heterocycles. The van der Waals surface area contributed by atoms with Gasteiger partial charge in [-0.3, -0.25) is 9.69 Å². The molecule has 2 aliphatic heterocycles. The predicted molar refractivity (Wildman–Crippen MR) is 85.1 cm³/mol. The molecule has 0 aliphatic carbocycles. The predicted octanol–water partition coefficient (Wildman–Crippen LogP) is 2.95. The van der Waals surface area contributed by atoms with E-state index in [2.05, 4.69) is 32.6 Å². The van der Waals surface area contributed by atoms with Gasteiger partial charge in [0.05, 0.1) is 5.41 Å². The largest absolute Gasteiger partial charge is 0.335 e. The van der Waals surface area contributed by atoms with Crippen molar-refractivity contribution in [1.29, 1.82) is 0 Å². The highest BCUT2D eigenvalue weighted by molar-refractivity contribution is 8.03. The van der Waals surface area contributed by atoms with Crippen molar-refractivity contribution in [1.82, 2.24) is 9.80 Å². The summed E-state index contributed by atoms with van der Waals surface area (Å²) < 4.78 is 0.129. The van der Waals surface area contributed by atoms with Crippen LogP contribution in [-0.4, -0.2) is 44.5 Å². The van der Waals surface area contributed by atoms with Crippen molar-refractivity contribution in [3.8, 4) is 0 Å². The number of rotatable bonds is 0. The molecule has 2 aliphatic rings. The normalized spacial score (nSPS) is 35.6. The first-order valence-corrected chi connectivity index (χ1v) is 7.83. The summed E-state index contributed by atoms with van der Waals surface area (Å²) in [7, 11) is 3.80. The minimum Gasteiger partial charge on any atom is -0.335 e. The van der Waals surface area contributed by atoms with Crippen LogP contribution in [-0.2, 0) is 4.79 Å². The number of amides is 1. The van der Waals surface area contributed by atoms with Gasteiger partial charge >= 0.3 is 0 Å². The molecule has 0 N–H and O–H groups in total. The van der Waals surface area contributed by atoms with E-state index in [9.17, 15) is 4.79 Å². The molecular weight excluding hydrogens is 276 g/mol. The lowest BCUT2D eigenvalue weighted by Gasteiger charge is -2.75. The van der Waals surface area contributed by atoms with Crippen LogP contribution >= 0.6 is 24.0 Å². The fourth-order valence-corrected chi connectivity index (χ4v) is 6.15. The van der Waals surface area contributed by atoms with Crippen LogP contribution in [0.25, 0.3) is 0 Å². The molecule has 3 nitrogen and oxygen atoms in total. The smallest absolute Gasteiger partial charge is 0.237 e. The van der Waals surface area contributed by atoms with Gasteiger partial charge in [-0.2, -0.15) is 0 Å². The van der Waals surface area contributed by atoms with Crippen LogP contribution in [0.4, 0.5) is 0 Å². The molecule has 1 atom stereocenters. The molecular formula is C14H24N2OS2. The SMILES string of the molecule is CN1C(=O)C(C)(C)[C@@]2(SC(C)(C)C2(C)C)N(C)C1=S. The Kier molecular flexibility index (Phi) is 2.92. The first-order valence-electron chi connectivity index (χ1n) is 6.61. The number of carbonyl (C=O) groups excluding carboxylic acids is 1. The summed E-state index contributed by atoms with van der Waals surface area (Å²) in [5.74, 6) is 0.117. The molecule has 2 heterocycles. The number of hydrogen-bond donors (Lipinski definition) is 0. The second-order valence-electron chi connectivity index (χ2n) is 7.21. The van der Waals surface area contributed by atoms with Crippen LogP contribution in [0, 0.1) is 10.8 Å². The van der Waals surface area contributed by atoms with E-state index in [4.69, 9.17) is 12.2 Å². The van der Waals surface area contributed by atoms with E-state index in [0.29, 0.717) is 5.11 Å². The van der Waals surface area contributed by atoms with Gasteiger partial charge in [-0.05, 0) is 39.9 Å². The zero-order valence-electron chi connectivity index (χ0n) is 13.1. The van der Waals surface area contributed by atoms with E-state index in [1.54, 1.807) is 11.9 Å². The van der Waals surface area contributed by atoms with Crippen LogP contribution in [0.15, 0.2) is 0 Å². The highest BCUT2D eigenvalue weighted by Crippen LogP contribution is 2.74. The van der Waals surface area contributed by atoms with Gasteiger partial charge in [0.15, 0.2) is 5.11 Å². The molecule has 1 amide bonds. The topological polar surface area (TPSA) is 23.6 Å². The lowest BCUT2D eigenvalue weighted by molar-refractivity contribution is -0.152. The average molecular weight is 300 g/mol. The third kappa shape index (κ3) is 1.36. The molecule has 19 heavy (non-hydrogen) atoms. The number of nitrogens with zero attached hydrogens (tertiary/aromatic N) is 2. The summed E-state index contributed by atoms with van der Waals surface area (Å²) >= 11 is 7.35. The standard InChI is InChI=1S/C14H24N2OS2/c1-11(2)9(17)15(7)10(18)16(8)14(11)12(3,4)13(5,6)19-14/h1-8H3/t14-/m0/s1. The van der Waals surface area contributed by atoms with Crippen LogP contribution in [0.2, 0.25) is 0 Å². The zero-order valence-corrected chi connectivity index (χ0v) is 14.8. The molecule has 2 rings (SSSR count). The Balaban J connectivity index is 2.63. The number of thiocarbonyl (C=S) groups is 1. The fraction of sp³-hybridized carbons (Fsp3) is 0.857. The summed E-state index contributed by atoms with van der Waals surface area (Å²) in [6.07, 6.45) is 0. The first kappa shape index (κ1) is 15.1. The van der Waals surface area contributed by atoms with Gasteiger partial charge in [-0.15, -0.1) is 11.8 Å². The van der Waals surface area contributed by atoms with Gasteiger partial charge in [-0.25, -0.2) is 0 Å². The van der Waals surface area contributed by atoms with E-state index < -0.39 is 5.41 Å². The molecule has 5 heteroatoms. The van der Waals surface area contributed by atoms with Gasteiger partial charge in [0.25, 0.3) is 0 Å². The molecule has 0 aromatic carbocycles. The van der Waals surface area contributed by atoms with Crippen LogP contribution in [0.3, 0.4) is 0 Å². The van der Waals surface area contributed by atoms with Crippen molar-refractivity contribution in [2.75, 3.05) is 14.1 Å². The molecule has 2 fully saturated rings. The number of thioether (sulfide) groups is 1. The molecule has 0 bridgehead atoms. The van der Waals surface area contributed by atoms with Crippen molar-refractivity contribution < 1.29 is 4.79 Å². The van der Waals surface area contributed by atoms with E-state index >= 15 is 0 Å². The molecule has 1 spiro atoms. The van der Waals surface area contributed by atoms with Crippen molar-refractivity contribution in [3.05, 3.63) is 0 Å². The minimum absolute atomic E-state index is 0.0100. The minimum atomic E-state index is -0.470. The molecule has 2 saturated heterocycles. The van der Waals surface area contributed by atoms with Gasteiger partial charge in [0.2, 0.25) is 5.91 Å². The Hall–Kier alpha value is -0.290. The molecule has 0 saturated carbocycles. The summed E-state index contributed by atoms with van der Waals surface area (Å²) in [4.78, 5) is 16.2. The lowest BCUT2D eigenvalue weighted by Crippen LogP contribution is -2.82. The van der Waals surface area contributed by atoms with Crippen molar-refractivity contribution >= 4 is 35.0 Å². The molecule has 108 valence electrons. The van der Waals surface area contributed by atoms with E-state index in [0.717, 1.165) is 0 Å². The maximum Gasteiger partial charge on any atom is 0.237 e. The van der Waals surface area contributed by atoms with E-state index in [1.807, 2.05) is 32.7 Å². The van der Waals surface area contributed by atoms with E-state index in [-0.39, 0.29) is 20.9 Å². The summed E-state index contributed by atoms with van der Waals surface area (Å²) in [6.45, 7) is 13.1. The Morgan fingerprint density at radius 1 is 1.05 bits per heavy atom. The fourth-order valence-electron chi connectivity index (χ4n) is 3.81. The van der Waals surface area contributed by atoms with Crippen molar-refractivity contribution in [3.63, 3.8) is 0 Å².